The molecule has 2 aliphatic rings. The van der Waals surface area contributed by atoms with Crippen LogP contribution in [0.1, 0.15) is 24.8 Å². The molecular weight excluding hydrogens is 340 g/mol. The third-order valence-electron chi connectivity index (χ3n) is 6.47. The maximum absolute atomic E-state index is 12.7. The van der Waals surface area contributed by atoms with E-state index in [-0.39, 0.29) is 11.4 Å². The van der Waals surface area contributed by atoms with E-state index in [2.05, 4.69) is 52.1 Å². The number of piperidine rings is 1. The molecule has 1 N–H and O–H groups in total. The van der Waals surface area contributed by atoms with Crippen molar-refractivity contribution in [2.24, 2.45) is 7.05 Å². The molecule has 1 aromatic heterocycles. The molecule has 3 heterocycles. The Labute approximate surface area is 161 Å². The largest absolute Gasteiger partial charge is 0.497 e. The standard InChI is InChI=1S/C21H30N4O2/c1-23-14-16(18-6-5-17(27-3)13-19(18)23)15-25-11-7-21(8-12-25)20(26)22-9-4-10-24(21)2/h5-6,13-14H,4,7-12,15H2,1-3H3,(H,22,26). The summed E-state index contributed by atoms with van der Waals surface area (Å²) in [6.07, 6.45) is 5.05. The number of methoxy groups -OCH3 is 1. The molecule has 1 spiro atoms. The van der Waals surface area contributed by atoms with Crippen molar-refractivity contribution in [2.75, 3.05) is 40.3 Å². The summed E-state index contributed by atoms with van der Waals surface area (Å²) in [7, 11) is 5.90. The molecule has 0 unspecified atom stereocenters. The van der Waals surface area contributed by atoms with Gasteiger partial charge in [0.1, 0.15) is 11.3 Å². The Morgan fingerprint density at radius 3 is 2.70 bits per heavy atom. The van der Waals surface area contributed by atoms with Crippen LogP contribution in [0.15, 0.2) is 24.4 Å². The number of benzene rings is 1. The van der Waals surface area contributed by atoms with E-state index in [0.29, 0.717) is 0 Å². The fraction of sp³-hybridized carbons (Fsp3) is 0.571. The van der Waals surface area contributed by atoms with Crippen LogP contribution in [0, 0.1) is 0 Å². The average Bonchev–Trinajstić information content (AvgIpc) is 2.92. The summed E-state index contributed by atoms with van der Waals surface area (Å²) in [6.45, 7) is 4.61. The summed E-state index contributed by atoms with van der Waals surface area (Å²) in [5.41, 5.74) is 2.21. The highest BCUT2D eigenvalue weighted by atomic mass is 16.5. The molecule has 2 saturated heterocycles. The Bertz CT molecular complexity index is 836. The van der Waals surface area contributed by atoms with Crippen molar-refractivity contribution in [3.8, 4) is 5.75 Å². The molecule has 0 atom stereocenters. The molecule has 1 amide bonds. The summed E-state index contributed by atoms with van der Waals surface area (Å²) >= 11 is 0. The monoisotopic (exact) mass is 370 g/mol. The molecule has 146 valence electrons. The molecule has 0 radical (unpaired) electrons. The zero-order valence-electron chi connectivity index (χ0n) is 16.6. The van der Waals surface area contributed by atoms with Crippen LogP contribution in [0.2, 0.25) is 0 Å². The summed E-state index contributed by atoms with van der Waals surface area (Å²) in [6, 6.07) is 6.28. The zero-order valence-corrected chi connectivity index (χ0v) is 16.6. The van der Waals surface area contributed by atoms with Crippen LogP contribution in [-0.4, -0.2) is 66.1 Å². The van der Waals surface area contributed by atoms with Crippen molar-refractivity contribution in [3.05, 3.63) is 30.0 Å². The summed E-state index contributed by atoms with van der Waals surface area (Å²) < 4.78 is 7.54. The molecular formula is C21H30N4O2. The van der Waals surface area contributed by atoms with Crippen LogP contribution in [0.4, 0.5) is 0 Å². The third kappa shape index (κ3) is 3.21. The number of hydrogen-bond donors (Lipinski definition) is 1. The lowest BCUT2D eigenvalue weighted by molar-refractivity contribution is -0.134. The second kappa shape index (κ2) is 7.17. The van der Waals surface area contributed by atoms with Gasteiger partial charge in [-0.2, -0.15) is 0 Å². The first kappa shape index (κ1) is 18.3. The van der Waals surface area contributed by atoms with Crippen molar-refractivity contribution in [3.63, 3.8) is 0 Å². The number of nitrogens with zero attached hydrogens (tertiary/aromatic N) is 3. The molecule has 1 aromatic carbocycles. The second-order valence-electron chi connectivity index (χ2n) is 7.99. The summed E-state index contributed by atoms with van der Waals surface area (Å²) in [4.78, 5) is 17.5. The highest BCUT2D eigenvalue weighted by molar-refractivity contribution is 5.87. The number of nitrogens with one attached hydrogen (secondary N) is 1. The van der Waals surface area contributed by atoms with Gasteiger partial charge in [0.05, 0.1) is 12.6 Å². The normalized spacial score (nSPS) is 21.4. The predicted molar refractivity (Wildman–Crippen MR) is 107 cm³/mol. The average molecular weight is 370 g/mol. The van der Waals surface area contributed by atoms with Crippen LogP contribution < -0.4 is 10.1 Å². The zero-order chi connectivity index (χ0) is 19.0. The van der Waals surface area contributed by atoms with Crippen LogP contribution in [0.25, 0.3) is 10.9 Å². The van der Waals surface area contributed by atoms with E-state index in [1.54, 1.807) is 7.11 Å². The number of carbonyl (C=O) groups excluding carboxylic acids is 1. The minimum absolute atomic E-state index is 0.222. The number of amides is 1. The lowest BCUT2D eigenvalue weighted by atomic mass is 9.85. The number of fused-ring (bicyclic) bond motifs is 1. The highest BCUT2D eigenvalue weighted by Gasteiger charge is 2.45. The molecule has 6 nitrogen and oxygen atoms in total. The second-order valence-corrected chi connectivity index (χ2v) is 7.99. The van der Waals surface area contributed by atoms with Gasteiger partial charge in [-0.25, -0.2) is 0 Å². The Morgan fingerprint density at radius 2 is 1.96 bits per heavy atom. The Hall–Kier alpha value is -2.05. The van der Waals surface area contributed by atoms with E-state index in [1.165, 1.54) is 16.5 Å². The Morgan fingerprint density at radius 1 is 1.19 bits per heavy atom. The maximum atomic E-state index is 12.7. The number of hydrogen-bond acceptors (Lipinski definition) is 4. The van der Waals surface area contributed by atoms with Gasteiger partial charge in [0.2, 0.25) is 5.91 Å². The SMILES string of the molecule is COc1ccc2c(CN3CCC4(CC3)C(=O)NCCCN4C)cn(C)c2c1. The maximum Gasteiger partial charge on any atom is 0.240 e. The molecule has 0 bridgehead atoms. The van der Waals surface area contributed by atoms with Gasteiger partial charge in [-0.3, -0.25) is 14.6 Å². The van der Waals surface area contributed by atoms with Crippen molar-refractivity contribution in [2.45, 2.75) is 31.3 Å². The molecule has 2 aromatic rings. The summed E-state index contributed by atoms with van der Waals surface area (Å²) in [5.74, 6) is 1.11. The van der Waals surface area contributed by atoms with E-state index in [4.69, 9.17) is 4.74 Å². The minimum atomic E-state index is -0.320. The highest BCUT2D eigenvalue weighted by Crippen LogP contribution is 2.32. The van der Waals surface area contributed by atoms with Crippen molar-refractivity contribution >= 4 is 16.8 Å². The smallest absolute Gasteiger partial charge is 0.240 e. The Balaban J connectivity index is 1.50. The number of carbonyl (C=O) groups is 1. The van der Waals surface area contributed by atoms with E-state index in [9.17, 15) is 4.79 Å². The van der Waals surface area contributed by atoms with Gasteiger partial charge in [0.25, 0.3) is 0 Å². The molecule has 27 heavy (non-hydrogen) atoms. The van der Waals surface area contributed by atoms with E-state index < -0.39 is 0 Å². The Kier molecular flexibility index (Phi) is 4.86. The van der Waals surface area contributed by atoms with Gasteiger partial charge in [-0.05, 0) is 44.0 Å². The molecule has 2 fully saturated rings. The first-order chi connectivity index (χ1) is 13.0. The third-order valence-corrected chi connectivity index (χ3v) is 6.47. The van der Waals surface area contributed by atoms with Crippen LogP contribution >= 0.6 is 0 Å². The van der Waals surface area contributed by atoms with Gasteiger partial charge < -0.3 is 14.6 Å². The molecule has 4 rings (SSSR count). The van der Waals surface area contributed by atoms with Crippen LogP contribution in [0.3, 0.4) is 0 Å². The van der Waals surface area contributed by atoms with Gasteiger partial charge in [-0.15, -0.1) is 0 Å². The van der Waals surface area contributed by atoms with E-state index in [0.717, 1.165) is 57.7 Å². The fourth-order valence-corrected chi connectivity index (χ4v) is 4.70. The van der Waals surface area contributed by atoms with E-state index in [1.807, 2.05) is 6.07 Å². The van der Waals surface area contributed by atoms with Crippen molar-refractivity contribution in [1.29, 1.82) is 0 Å². The molecule has 0 saturated carbocycles. The quantitative estimate of drug-likeness (QED) is 0.898. The lowest BCUT2D eigenvalue weighted by Crippen LogP contribution is -2.60. The number of aryl methyl sites for hydroxylation is 1. The molecule has 0 aliphatic carbocycles. The first-order valence-electron chi connectivity index (χ1n) is 9.87. The number of ether oxygens (including phenoxy) is 1. The summed E-state index contributed by atoms with van der Waals surface area (Å²) in [5, 5.41) is 4.40. The molecule has 2 aliphatic heterocycles. The van der Waals surface area contributed by atoms with Gasteiger partial charge >= 0.3 is 0 Å². The van der Waals surface area contributed by atoms with Crippen LogP contribution in [-0.2, 0) is 18.4 Å². The van der Waals surface area contributed by atoms with Gasteiger partial charge in [0.15, 0.2) is 0 Å². The number of likely N-dealkylation sites (N-methyl/N-ethyl adjacent to an activating group) is 1. The van der Waals surface area contributed by atoms with E-state index >= 15 is 0 Å². The van der Waals surface area contributed by atoms with Crippen LogP contribution in [0.5, 0.6) is 5.75 Å². The molecule has 6 heteroatoms. The number of aromatic nitrogens is 1. The lowest BCUT2D eigenvalue weighted by Gasteiger charge is -2.45. The number of rotatable bonds is 3. The predicted octanol–water partition coefficient (Wildman–Crippen LogP) is 1.97. The van der Waals surface area contributed by atoms with Gasteiger partial charge in [0, 0.05) is 57.4 Å². The topological polar surface area (TPSA) is 49.7 Å². The fourth-order valence-electron chi connectivity index (χ4n) is 4.70. The van der Waals surface area contributed by atoms with Crippen molar-refractivity contribution in [1.82, 2.24) is 19.7 Å². The minimum Gasteiger partial charge on any atom is -0.497 e. The van der Waals surface area contributed by atoms with Crippen molar-refractivity contribution < 1.29 is 9.53 Å². The first-order valence-corrected chi connectivity index (χ1v) is 9.87. The van der Waals surface area contributed by atoms with Gasteiger partial charge in [-0.1, -0.05) is 0 Å². The number of likely N-dealkylation sites (tertiary alicyclic amines) is 1.